The van der Waals surface area contributed by atoms with Crippen LogP contribution >= 0.6 is 0 Å². The molecule has 4 saturated carbocycles. The molecular formula is C41H60N2O4S. The van der Waals surface area contributed by atoms with Gasteiger partial charge in [0.1, 0.15) is 0 Å². The van der Waals surface area contributed by atoms with Gasteiger partial charge in [-0.15, -0.1) is 0 Å². The van der Waals surface area contributed by atoms with Gasteiger partial charge in [-0.3, -0.25) is 0 Å². The number of sulfone groups is 1. The number of nitrogens with zero attached hydrogens (tertiary/aromatic N) is 1. The maximum atomic E-state index is 12.0. The van der Waals surface area contributed by atoms with Gasteiger partial charge in [-0.1, -0.05) is 64.5 Å². The maximum Gasteiger partial charge on any atom is 0.335 e. The van der Waals surface area contributed by atoms with Crippen LogP contribution in [0.15, 0.2) is 42.0 Å². The number of carbonyl (C=O) groups is 1. The highest BCUT2D eigenvalue weighted by Crippen LogP contribution is 2.76. The van der Waals surface area contributed by atoms with Crippen LogP contribution in [-0.4, -0.2) is 67.6 Å². The molecule has 0 aromatic heterocycles. The minimum absolute atomic E-state index is 0.0184. The Morgan fingerprint density at radius 1 is 0.938 bits per heavy atom. The Morgan fingerprint density at radius 3 is 2.31 bits per heavy atom. The smallest absolute Gasteiger partial charge is 0.335 e. The van der Waals surface area contributed by atoms with E-state index in [2.05, 4.69) is 63.9 Å². The zero-order valence-corrected chi connectivity index (χ0v) is 31.2. The molecule has 0 spiro atoms. The van der Waals surface area contributed by atoms with Crippen molar-refractivity contribution >= 4 is 21.4 Å². The van der Waals surface area contributed by atoms with E-state index < -0.39 is 15.8 Å². The minimum Gasteiger partial charge on any atom is -0.478 e. The van der Waals surface area contributed by atoms with Crippen molar-refractivity contribution in [2.24, 2.45) is 45.3 Å². The summed E-state index contributed by atoms with van der Waals surface area (Å²) >= 11 is 0. The van der Waals surface area contributed by atoms with Crippen LogP contribution in [0.1, 0.15) is 115 Å². The summed E-state index contributed by atoms with van der Waals surface area (Å²) in [5, 5.41) is 13.7. The highest BCUT2D eigenvalue weighted by molar-refractivity contribution is 7.91. The number of rotatable bonds is 6. The van der Waals surface area contributed by atoms with E-state index in [-0.39, 0.29) is 16.4 Å². The molecule has 0 bridgehead atoms. The summed E-state index contributed by atoms with van der Waals surface area (Å²) in [6, 6.07) is 7.59. The predicted molar refractivity (Wildman–Crippen MR) is 195 cm³/mol. The van der Waals surface area contributed by atoms with Crippen LogP contribution in [0, 0.1) is 45.3 Å². The lowest BCUT2D eigenvalue weighted by atomic mass is 9.33. The van der Waals surface area contributed by atoms with Crippen molar-refractivity contribution in [1.29, 1.82) is 0 Å². The van der Waals surface area contributed by atoms with Crippen molar-refractivity contribution in [3.05, 3.63) is 53.1 Å². The summed E-state index contributed by atoms with van der Waals surface area (Å²) in [6.07, 6.45) is 16.2. The van der Waals surface area contributed by atoms with E-state index in [0.29, 0.717) is 64.7 Å². The van der Waals surface area contributed by atoms with Gasteiger partial charge in [0, 0.05) is 37.6 Å². The molecule has 7 rings (SSSR count). The largest absolute Gasteiger partial charge is 0.478 e. The first-order valence-electron chi connectivity index (χ1n) is 19.0. The Balaban J connectivity index is 1.14. The monoisotopic (exact) mass is 676 g/mol. The van der Waals surface area contributed by atoms with Crippen LogP contribution in [0.2, 0.25) is 0 Å². The highest BCUT2D eigenvalue weighted by Gasteiger charge is 2.69. The Morgan fingerprint density at radius 2 is 1.65 bits per heavy atom. The van der Waals surface area contributed by atoms with Crippen LogP contribution in [0.5, 0.6) is 0 Å². The normalized spacial score (nSPS) is 42.6. The molecule has 5 aliphatic carbocycles. The van der Waals surface area contributed by atoms with E-state index >= 15 is 0 Å². The van der Waals surface area contributed by atoms with Crippen LogP contribution in [0.4, 0.5) is 0 Å². The molecule has 0 amide bonds. The van der Waals surface area contributed by atoms with E-state index in [1.54, 1.807) is 17.7 Å². The molecule has 6 nitrogen and oxygen atoms in total. The second kappa shape index (κ2) is 11.8. The molecule has 0 radical (unpaired) electrons. The lowest BCUT2D eigenvalue weighted by Gasteiger charge is -2.72. The van der Waals surface area contributed by atoms with Gasteiger partial charge < -0.3 is 15.3 Å². The third-order valence-electron chi connectivity index (χ3n) is 16.0. The Labute approximate surface area is 290 Å². The second-order valence-electron chi connectivity index (χ2n) is 18.0. The van der Waals surface area contributed by atoms with Crippen molar-refractivity contribution in [1.82, 2.24) is 10.2 Å². The van der Waals surface area contributed by atoms with Crippen LogP contribution in [0.25, 0.3) is 5.57 Å². The molecule has 1 aliphatic heterocycles. The van der Waals surface area contributed by atoms with E-state index in [0.717, 1.165) is 19.5 Å². The molecule has 6 aliphatic rings. The summed E-state index contributed by atoms with van der Waals surface area (Å²) < 4.78 is 24.0. The molecule has 1 saturated heterocycles. The van der Waals surface area contributed by atoms with Crippen molar-refractivity contribution in [2.45, 2.75) is 105 Å². The summed E-state index contributed by atoms with van der Waals surface area (Å²) in [4.78, 5) is 13.9. The number of carboxylic acids is 1. The van der Waals surface area contributed by atoms with E-state index in [4.69, 9.17) is 0 Å². The van der Waals surface area contributed by atoms with Gasteiger partial charge in [-0.05, 0) is 127 Å². The van der Waals surface area contributed by atoms with Crippen LogP contribution in [-0.2, 0) is 9.84 Å². The number of hydrogen-bond acceptors (Lipinski definition) is 5. The zero-order chi connectivity index (χ0) is 34.3. The first kappa shape index (κ1) is 34.5. The first-order chi connectivity index (χ1) is 22.6. The maximum absolute atomic E-state index is 12.0. The SMILES string of the molecule is CC=C1CC[C@]2(NCCN3CCS(=O)(=O)CC3)CC[C@]3(C)[C@H](CC[C@@H]4[C@@]5(C)CC=C(c6ccc(C(=O)O)cc6)C(C)(C)[C@@H]5CC[C@]43C)[C@@H]12. The summed E-state index contributed by atoms with van der Waals surface area (Å²) in [7, 11) is -2.85. The van der Waals surface area contributed by atoms with Gasteiger partial charge in [0.2, 0.25) is 0 Å². The number of benzene rings is 1. The Kier molecular flexibility index (Phi) is 8.48. The number of carboxylic acid groups (broad SMARTS) is 1. The Bertz CT molecular complexity index is 1600. The van der Waals surface area contributed by atoms with Crippen molar-refractivity contribution < 1.29 is 18.3 Å². The average Bonchev–Trinajstić information content (AvgIpc) is 3.41. The zero-order valence-electron chi connectivity index (χ0n) is 30.4. The molecule has 48 heavy (non-hydrogen) atoms. The molecule has 7 heteroatoms. The standard InChI is InChI=1S/C41H60N2O4S/c1-7-28-14-19-41(42-22-23-43-24-26-48(46,47)27-25-43)21-20-39(5)32(35(28)41)12-13-34-38(4)17-15-31(29-8-10-30(11-9-29)36(44)45)37(2,3)33(38)16-18-40(34,39)6/h7-11,15,32-35,42H,12-14,16-27H2,1-6H3,(H,44,45)/t32-,33+,34-,35-,38+,39-,40-,41+/m1/s1. The average molecular weight is 677 g/mol. The van der Waals surface area contributed by atoms with Crippen molar-refractivity contribution in [2.75, 3.05) is 37.7 Å². The number of nitrogens with one attached hydrogen (secondary N) is 1. The molecule has 0 unspecified atom stereocenters. The minimum atomic E-state index is -2.85. The number of allylic oxidation sites excluding steroid dienone is 3. The van der Waals surface area contributed by atoms with Crippen LogP contribution < -0.4 is 5.32 Å². The Hall–Kier alpha value is -1.96. The third-order valence-corrected chi connectivity index (χ3v) is 17.6. The first-order valence-corrected chi connectivity index (χ1v) is 20.8. The number of hydrogen-bond donors (Lipinski definition) is 2. The second-order valence-corrected chi connectivity index (χ2v) is 20.3. The highest BCUT2D eigenvalue weighted by atomic mass is 32.2. The van der Waals surface area contributed by atoms with Gasteiger partial charge in [0.15, 0.2) is 9.84 Å². The van der Waals surface area contributed by atoms with Gasteiger partial charge >= 0.3 is 5.97 Å². The molecule has 1 aromatic carbocycles. The quantitative estimate of drug-likeness (QED) is 0.299. The molecule has 1 heterocycles. The molecule has 8 atom stereocenters. The summed E-state index contributed by atoms with van der Waals surface area (Å²) in [6.45, 7) is 18.5. The topological polar surface area (TPSA) is 86.7 Å². The van der Waals surface area contributed by atoms with Gasteiger partial charge in [0.05, 0.1) is 17.1 Å². The molecule has 2 N–H and O–H groups in total. The molecule has 264 valence electrons. The fourth-order valence-electron chi connectivity index (χ4n) is 13.4. The molecule has 5 fully saturated rings. The van der Waals surface area contributed by atoms with Gasteiger partial charge in [-0.25, -0.2) is 13.2 Å². The molecule has 1 aromatic rings. The summed E-state index contributed by atoms with van der Waals surface area (Å²) in [5.74, 6) is 2.29. The fraction of sp³-hybridized carbons (Fsp3) is 0.732. The van der Waals surface area contributed by atoms with Gasteiger partial charge in [-0.2, -0.15) is 0 Å². The fourth-order valence-corrected chi connectivity index (χ4v) is 14.6. The predicted octanol–water partition coefficient (Wildman–Crippen LogP) is 7.86. The van der Waals surface area contributed by atoms with E-state index in [1.807, 2.05) is 12.1 Å². The van der Waals surface area contributed by atoms with E-state index in [1.165, 1.54) is 62.5 Å². The summed E-state index contributed by atoms with van der Waals surface area (Å²) in [5.41, 5.74) is 5.62. The number of aromatic carboxylic acids is 1. The van der Waals surface area contributed by atoms with Crippen molar-refractivity contribution in [3.63, 3.8) is 0 Å². The van der Waals surface area contributed by atoms with E-state index in [9.17, 15) is 18.3 Å². The lowest BCUT2D eigenvalue weighted by Crippen LogP contribution is -2.67. The molecular weight excluding hydrogens is 617 g/mol. The number of fused-ring (bicyclic) bond motifs is 7. The third kappa shape index (κ3) is 5.14. The lowest BCUT2D eigenvalue weighted by molar-refractivity contribution is -0.213. The van der Waals surface area contributed by atoms with Gasteiger partial charge in [0.25, 0.3) is 0 Å². The van der Waals surface area contributed by atoms with Crippen molar-refractivity contribution in [3.8, 4) is 0 Å². The van der Waals surface area contributed by atoms with Crippen LogP contribution in [0.3, 0.4) is 0 Å².